The third-order valence-corrected chi connectivity index (χ3v) is 6.03. The standard InChI is InChI=1S/C18H20N2O4S/c1-13-5-9-16(10-6-13)25(22,23)20-11-3-4-14-7-8-15(12-17(14)20)19-18(21)24-2/h5-10,12H,3-4,11H2,1-2H3,(H,19,21). The summed E-state index contributed by atoms with van der Waals surface area (Å²) in [5.74, 6) is 0. The van der Waals surface area contributed by atoms with Gasteiger partial charge in [-0.05, 0) is 49.6 Å². The van der Waals surface area contributed by atoms with Crippen LogP contribution in [0.5, 0.6) is 0 Å². The molecule has 0 aliphatic carbocycles. The fraction of sp³-hybridized carbons (Fsp3) is 0.278. The minimum atomic E-state index is -3.65. The number of aryl methyl sites for hydroxylation is 2. The van der Waals surface area contributed by atoms with Crippen LogP contribution in [0.4, 0.5) is 16.2 Å². The third-order valence-electron chi connectivity index (χ3n) is 4.20. The van der Waals surface area contributed by atoms with Gasteiger partial charge in [-0.15, -0.1) is 0 Å². The largest absolute Gasteiger partial charge is 0.453 e. The lowest BCUT2D eigenvalue weighted by Crippen LogP contribution is -2.35. The van der Waals surface area contributed by atoms with E-state index in [0.717, 1.165) is 24.0 Å². The predicted octanol–water partition coefficient (Wildman–Crippen LogP) is 3.31. The van der Waals surface area contributed by atoms with E-state index in [0.29, 0.717) is 17.9 Å². The zero-order valence-electron chi connectivity index (χ0n) is 14.2. The van der Waals surface area contributed by atoms with Crippen LogP contribution in [0.15, 0.2) is 47.4 Å². The van der Waals surface area contributed by atoms with Gasteiger partial charge in [-0.1, -0.05) is 23.8 Å². The smallest absolute Gasteiger partial charge is 0.411 e. The molecule has 0 spiro atoms. The molecule has 2 aromatic rings. The van der Waals surface area contributed by atoms with Crippen LogP contribution in [0.1, 0.15) is 17.5 Å². The average Bonchev–Trinajstić information content (AvgIpc) is 2.61. The second-order valence-corrected chi connectivity index (χ2v) is 7.82. The van der Waals surface area contributed by atoms with Gasteiger partial charge >= 0.3 is 6.09 Å². The lowest BCUT2D eigenvalue weighted by atomic mass is 10.0. The van der Waals surface area contributed by atoms with Gasteiger partial charge in [0.15, 0.2) is 0 Å². The maximum absolute atomic E-state index is 13.1. The molecule has 0 radical (unpaired) electrons. The molecule has 3 rings (SSSR count). The second kappa shape index (κ2) is 6.76. The van der Waals surface area contributed by atoms with Gasteiger partial charge in [0.2, 0.25) is 0 Å². The molecule has 0 unspecified atom stereocenters. The highest BCUT2D eigenvalue weighted by molar-refractivity contribution is 7.92. The minimum absolute atomic E-state index is 0.261. The Balaban J connectivity index is 2.01. The van der Waals surface area contributed by atoms with Crippen molar-refractivity contribution in [2.75, 3.05) is 23.3 Å². The van der Waals surface area contributed by atoms with E-state index in [1.165, 1.54) is 11.4 Å². The quantitative estimate of drug-likeness (QED) is 0.911. The van der Waals surface area contributed by atoms with Gasteiger partial charge in [-0.25, -0.2) is 13.2 Å². The zero-order valence-corrected chi connectivity index (χ0v) is 15.0. The highest BCUT2D eigenvalue weighted by atomic mass is 32.2. The van der Waals surface area contributed by atoms with Crippen LogP contribution in [-0.2, 0) is 21.2 Å². The molecule has 25 heavy (non-hydrogen) atoms. The van der Waals surface area contributed by atoms with Gasteiger partial charge in [-0.3, -0.25) is 9.62 Å². The Morgan fingerprint density at radius 2 is 1.88 bits per heavy atom. The molecular formula is C18H20N2O4S. The molecule has 0 fully saturated rings. The maximum Gasteiger partial charge on any atom is 0.411 e. The first kappa shape index (κ1) is 17.3. The molecule has 1 aliphatic heterocycles. The van der Waals surface area contributed by atoms with Crippen LogP contribution in [0, 0.1) is 6.92 Å². The van der Waals surface area contributed by atoms with E-state index >= 15 is 0 Å². The Kier molecular flexibility index (Phi) is 4.67. The summed E-state index contributed by atoms with van der Waals surface area (Å²) in [7, 11) is -2.37. The number of rotatable bonds is 3. The van der Waals surface area contributed by atoms with Crippen LogP contribution < -0.4 is 9.62 Å². The number of hydrogen-bond donors (Lipinski definition) is 1. The molecule has 0 aromatic heterocycles. The molecule has 1 heterocycles. The Morgan fingerprint density at radius 1 is 1.16 bits per heavy atom. The highest BCUT2D eigenvalue weighted by Gasteiger charge is 2.29. The number of hydrogen-bond acceptors (Lipinski definition) is 4. The number of benzene rings is 2. The van der Waals surface area contributed by atoms with Crippen molar-refractivity contribution in [3.05, 3.63) is 53.6 Å². The number of sulfonamides is 1. The van der Waals surface area contributed by atoms with Crippen LogP contribution >= 0.6 is 0 Å². The third kappa shape index (κ3) is 3.46. The van der Waals surface area contributed by atoms with Gasteiger partial charge in [0.1, 0.15) is 0 Å². The number of carbonyl (C=O) groups is 1. The van der Waals surface area contributed by atoms with Crippen molar-refractivity contribution in [1.29, 1.82) is 0 Å². The molecule has 1 aliphatic rings. The van der Waals surface area contributed by atoms with Gasteiger partial charge in [0, 0.05) is 12.2 Å². The first-order chi connectivity index (χ1) is 11.9. The van der Waals surface area contributed by atoms with Crippen molar-refractivity contribution >= 4 is 27.5 Å². The Hall–Kier alpha value is -2.54. The number of anilines is 2. The maximum atomic E-state index is 13.1. The van der Waals surface area contributed by atoms with Crippen molar-refractivity contribution in [3.8, 4) is 0 Å². The lowest BCUT2D eigenvalue weighted by molar-refractivity contribution is 0.187. The molecule has 2 aromatic carbocycles. The van der Waals surface area contributed by atoms with E-state index < -0.39 is 16.1 Å². The Morgan fingerprint density at radius 3 is 2.56 bits per heavy atom. The Bertz CT molecular complexity index is 892. The molecule has 6 nitrogen and oxygen atoms in total. The molecule has 0 atom stereocenters. The fourth-order valence-corrected chi connectivity index (χ4v) is 4.41. The number of nitrogens with zero attached hydrogens (tertiary/aromatic N) is 1. The number of methoxy groups -OCH3 is 1. The van der Waals surface area contributed by atoms with Crippen LogP contribution in [0.3, 0.4) is 0 Å². The minimum Gasteiger partial charge on any atom is -0.453 e. The van der Waals surface area contributed by atoms with Crippen molar-refractivity contribution in [2.24, 2.45) is 0 Å². The van der Waals surface area contributed by atoms with Gasteiger partial charge in [0.05, 0.1) is 17.7 Å². The van der Waals surface area contributed by atoms with Gasteiger partial charge in [-0.2, -0.15) is 0 Å². The monoisotopic (exact) mass is 360 g/mol. The topological polar surface area (TPSA) is 75.7 Å². The normalized spacial score (nSPS) is 13.9. The van der Waals surface area contributed by atoms with Crippen molar-refractivity contribution < 1.29 is 17.9 Å². The molecule has 0 bridgehead atoms. The summed E-state index contributed by atoms with van der Waals surface area (Å²) in [5, 5.41) is 2.58. The summed E-state index contributed by atoms with van der Waals surface area (Å²) < 4.78 is 32.1. The summed E-state index contributed by atoms with van der Waals surface area (Å²) >= 11 is 0. The predicted molar refractivity (Wildman–Crippen MR) is 96.5 cm³/mol. The van der Waals surface area contributed by atoms with E-state index in [1.807, 2.05) is 13.0 Å². The first-order valence-corrected chi connectivity index (χ1v) is 9.43. The highest BCUT2D eigenvalue weighted by Crippen LogP contribution is 2.34. The number of carbonyl (C=O) groups excluding carboxylic acids is 1. The molecule has 1 N–H and O–H groups in total. The number of ether oxygens (including phenoxy) is 1. The molecule has 132 valence electrons. The summed E-state index contributed by atoms with van der Waals surface area (Å²) in [5.41, 5.74) is 3.04. The first-order valence-electron chi connectivity index (χ1n) is 7.99. The van der Waals surface area contributed by atoms with Crippen LogP contribution in [0.2, 0.25) is 0 Å². The van der Waals surface area contributed by atoms with E-state index in [9.17, 15) is 13.2 Å². The molecule has 1 amide bonds. The van der Waals surface area contributed by atoms with E-state index in [4.69, 9.17) is 0 Å². The zero-order chi connectivity index (χ0) is 18.0. The molecule has 0 saturated heterocycles. The molecule has 7 heteroatoms. The average molecular weight is 360 g/mol. The summed E-state index contributed by atoms with van der Waals surface area (Å²) in [6, 6.07) is 12.1. The number of amides is 1. The summed E-state index contributed by atoms with van der Waals surface area (Å²) in [4.78, 5) is 11.7. The van der Waals surface area contributed by atoms with Crippen molar-refractivity contribution in [1.82, 2.24) is 0 Å². The van der Waals surface area contributed by atoms with Crippen molar-refractivity contribution in [3.63, 3.8) is 0 Å². The van der Waals surface area contributed by atoms with Crippen LogP contribution in [0.25, 0.3) is 0 Å². The number of nitrogens with one attached hydrogen (secondary N) is 1. The lowest BCUT2D eigenvalue weighted by Gasteiger charge is -2.31. The summed E-state index contributed by atoms with van der Waals surface area (Å²) in [6.07, 6.45) is 0.957. The molecule has 0 saturated carbocycles. The summed E-state index contributed by atoms with van der Waals surface area (Å²) in [6.45, 7) is 2.32. The second-order valence-electron chi connectivity index (χ2n) is 5.95. The van der Waals surface area contributed by atoms with E-state index in [1.54, 1.807) is 36.4 Å². The van der Waals surface area contributed by atoms with E-state index in [2.05, 4.69) is 10.1 Å². The fourth-order valence-electron chi connectivity index (χ4n) is 2.87. The molecular weight excluding hydrogens is 340 g/mol. The Labute approximate surface area is 147 Å². The van der Waals surface area contributed by atoms with E-state index in [-0.39, 0.29) is 4.90 Å². The van der Waals surface area contributed by atoms with Gasteiger partial charge < -0.3 is 4.74 Å². The van der Waals surface area contributed by atoms with Crippen molar-refractivity contribution in [2.45, 2.75) is 24.7 Å². The van der Waals surface area contributed by atoms with Crippen LogP contribution in [-0.4, -0.2) is 28.2 Å². The van der Waals surface area contributed by atoms with Gasteiger partial charge in [0.25, 0.3) is 10.0 Å². The SMILES string of the molecule is COC(=O)Nc1ccc2c(c1)N(S(=O)(=O)c1ccc(C)cc1)CCC2. The number of fused-ring (bicyclic) bond motifs is 1.